The summed E-state index contributed by atoms with van der Waals surface area (Å²) in [5, 5.41) is 0.255. The van der Waals surface area contributed by atoms with Crippen LogP contribution in [0.5, 0.6) is 0 Å². The zero-order valence-electron chi connectivity index (χ0n) is 16.2. The second-order valence-electron chi connectivity index (χ2n) is 7.96. The van der Waals surface area contributed by atoms with Gasteiger partial charge in [-0.15, -0.1) is 0 Å². The molecule has 3 nitrogen and oxygen atoms in total. The van der Waals surface area contributed by atoms with E-state index in [1.54, 1.807) is 14.2 Å². The van der Waals surface area contributed by atoms with E-state index in [2.05, 4.69) is 58.1 Å². The Morgan fingerprint density at radius 2 is 1.75 bits per heavy atom. The predicted octanol–water partition coefficient (Wildman–Crippen LogP) is 5.55. The van der Waals surface area contributed by atoms with Crippen molar-refractivity contribution in [2.75, 3.05) is 20.8 Å². The van der Waals surface area contributed by atoms with E-state index in [1.165, 1.54) is 16.7 Å². The van der Waals surface area contributed by atoms with Gasteiger partial charge in [0.15, 0.2) is 8.32 Å². The van der Waals surface area contributed by atoms with Crippen molar-refractivity contribution in [3.05, 3.63) is 41.2 Å². The third kappa shape index (κ3) is 3.76. The van der Waals surface area contributed by atoms with Crippen LogP contribution in [0.3, 0.4) is 0 Å². The van der Waals surface area contributed by atoms with Crippen LogP contribution in [0.2, 0.25) is 18.1 Å². The molecule has 0 saturated heterocycles. The Morgan fingerprint density at radius 1 is 1.08 bits per heavy atom. The topological polar surface area (TPSA) is 27.7 Å². The summed E-state index contributed by atoms with van der Waals surface area (Å²) in [6.07, 6.45) is 1.87. The molecular weight excluding hydrogens is 316 g/mol. The normalized spacial score (nSPS) is 18.0. The first kappa shape index (κ1) is 19.2. The van der Waals surface area contributed by atoms with Crippen molar-refractivity contribution < 1.29 is 13.9 Å². The second-order valence-corrected chi connectivity index (χ2v) is 12.8. The summed E-state index contributed by atoms with van der Waals surface area (Å²) >= 11 is 0. The molecule has 0 N–H and O–H groups in total. The van der Waals surface area contributed by atoms with Crippen molar-refractivity contribution in [1.82, 2.24) is 0 Å². The van der Waals surface area contributed by atoms with E-state index in [9.17, 15) is 0 Å². The van der Waals surface area contributed by atoms with E-state index in [0.29, 0.717) is 0 Å². The Labute approximate surface area is 148 Å². The highest BCUT2D eigenvalue weighted by molar-refractivity contribution is 6.74. The van der Waals surface area contributed by atoms with Gasteiger partial charge in [-0.2, -0.15) is 0 Å². The van der Waals surface area contributed by atoms with Gasteiger partial charge in [0.2, 0.25) is 0 Å². The van der Waals surface area contributed by atoms with Gasteiger partial charge in [-0.25, -0.2) is 0 Å². The van der Waals surface area contributed by atoms with Gasteiger partial charge in [-0.3, -0.25) is 0 Å². The first-order chi connectivity index (χ1) is 11.2. The fourth-order valence-corrected chi connectivity index (χ4v) is 4.04. The molecule has 0 fully saturated rings. The number of allylic oxidation sites excluding steroid dienone is 1. The third-order valence-corrected chi connectivity index (χ3v) is 9.94. The van der Waals surface area contributed by atoms with Gasteiger partial charge in [-0.1, -0.05) is 45.0 Å². The van der Waals surface area contributed by atoms with E-state index < -0.39 is 8.32 Å². The van der Waals surface area contributed by atoms with Crippen molar-refractivity contribution in [1.29, 1.82) is 0 Å². The van der Waals surface area contributed by atoms with Crippen LogP contribution in [0.1, 0.15) is 50.8 Å². The van der Waals surface area contributed by atoms with Crippen LogP contribution >= 0.6 is 0 Å². The lowest BCUT2D eigenvalue weighted by molar-refractivity contribution is 0.0833. The molecule has 1 aliphatic carbocycles. The first-order valence-corrected chi connectivity index (χ1v) is 11.7. The number of rotatable bonds is 7. The smallest absolute Gasteiger partial charge is 0.191 e. The summed E-state index contributed by atoms with van der Waals surface area (Å²) in [5.74, 6) is 0.950. The maximum atomic E-state index is 6.31. The monoisotopic (exact) mass is 348 g/mol. The fourth-order valence-electron chi connectivity index (χ4n) is 2.95. The van der Waals surface area contributed by atoms with E-state index in [4.69, 9.17) is 13.9 Å². The SMILES string of the molecule is COC1=C(CCCO[Si](C)(C)C(C)(C)C)c2ccccc2C1OC. The van der Waals surface area contributed by atoms with Crippen LogP contribution in [0.15, 0.2) is 30.0 Å². The Bertz CT molecular complexity index is 599. The standard InChI is InChI=1S/C20H32O3Si/c1-20(2,3)24(6,7)23-14-10-13-17-15-11-8-9-12-16(15)18(21-4)19(17)22-5/h8-9,11-12,18H,10,13-14H2,1-7H3. The maximum Gasteiger partial charge on any atom is 0.191 e. The molecule has 1 atom stereocenters. The van der Waals surface area contributed by atoms with Crippen molar-refractivity contribution in [2.24, 2.45) is 0 Å². The summed E-state index contributed by atoms with van der Waals surface area (Å²) in [6, 6.07) is 8.43. The molecule has 0 saturated carbocycles. The molecule has 1 unspecified atom stereocenters. The molecule has 4 heteroatoms. The van der Waals surface area contributed by atoms with Crippen LogP contribution in [-0.4, -0.2) is 29.1 Å². The summed E-state index contributed by atoms with van der Waals surface area (Å²) in [5.41, 5.74) is 3.73. The minimum absolute atomic E-state index is 0.0810. The maximum absolute atomic E-state index is 6.31. The lowest BCUT2D eigenvalue weighted by Gasteiger charge is -2.36. The molecule has 0 amide bonds. The zero-order valence-corrected chi connectivity index (χ0v) is 17.2. The van der Waals surface area contributed by atoms with Crippen molar-refractivity contribution in [3.63, 3.8) is 0 Å². The lowest BCUT2D eigenvalue weighted by Crippen LogP contribution is -2.40. The van der Waals surface area contributed by atoms with E-state index in [-0.39, 0.29) is 11.1 Å². The molecule has 1 aromatic carbocycles. The molecule has 134 valence electrons. The number of ether oxygens (including phenoxy) is 2. The summed E-state index contributed by atoms with van der Waals surface area (Å²) in [7, 11) is 1.80. The molecule has 1 aromatic rings. The molecular formula is C20H32O3Si. The van der Waals surface area contributed by atoms with Gasteiger partial charge in [0, 0.05) is 19.3 Å². The molecule has 0 radical (unpaired) electrons. The predicted molar refractivity (Wildman–Crippen MR) is 103 cm³/mol. The molecule has 24 heavy (non-hydrogen) atoms. The number of methoxy groups -OCH3 is 2. The van der Waals surface area contributed by atoms with E-state index in [1.807, 2.05) is 0 Å². The Balaban J connectivity index is 2.06. The lowest BCUT2D eigenvalue weighted by atomic mass is 10.0. The Morgan fingerprint density at radius 3 is 2.33 bits per heavy atom. The molecule has 1 aliphatic rings. The summed E-state index contributed by atoms with van der Waals surface area (Å²) in [4.78, 5) is 0. The quantitative estimate of drug-likeness (QED) is 0.478. The van der Waals surface area contributed by atoms with Gasteiger partial charge >= 0.3 is 0 Å². The van der Waals surface area contributed by atoms with Crippen LogP contribution in [0, 0.1) is 0 Å². The molecule has 0 bridgehead atoms. The molecule has 0 aliphatic heterocycles. The molecule has 0 spiro atoms. The summed E-state index contributed by atoms with van der Waals surface area (Å²) in [6.45, 7) is 12.2. The summed E-state index contributed by atoms with van der Waals surface area (Å²) < 4.78 is 17.7. The molecule has 0 heterocycles. The van der Waals surface area contributed by atoms with Crippen molar-refractivity contribution in [2.45, 2.75) is 57.8 Å². The van der Waals surface area contributed by atoms with Crippen LogP contribution in [-0.2, 0) is 13.9 Å². The molecule has 0 aromatic heterocycles. The Kier molecular flexibility index (Phi) is 5.94. The average molecular weight is 349 g/mol. The Hall–Kier alpha value is -1.10. The second kappa shape index (κ2) is 7.42. The van der Waals surface area contributed by atoms with Crippen LogP contribution in [0.25, 0.3) is 5.57 Å². The van der Waals surface area contributed by atoms with E-state index >= 15 is 0 Å². The third-order valence-electron chi connectivity index (χ3n) is 5.40. The van der Waals surface area contributed by atoms with Gasteiger partial charge in [0.1, 0.15) is 11.9 Å². The van der Waals surface area contributed by atoms with Gasteiger partial charge < -0.3 is 13.9 Å². The van der Waals surface area contributed by atoms with E-state index in [0.717, 1.165) is 25.2 Å². The highest BCUT2D eigenvalue weighted by Gasteiger charge is 2.37. The van der Waals surface area contributed by atoms with Crippen LogP contribution < -0.4 is 0 Å². The first-order valence-electron chi connectivity index (χ1n) is 8.76. The highest BCUT2D eigenvalue weighted by atomic mass is 28.4. The minimum atomic E-state index is -1.67. The highest BCUT2D eigenvalue weighted by Crippen LogP contribution is 2.44. The zero-order chi connectivity index (χ0) is 18.0. The number of benzene rings is 1. The van der Waals surface area contributed by atoms with Crippen LogP contribution in [0.4, 0.5) is 0 Å². The van der Waals surface area contributed by atoms with Gasteiger partial charge in [0.05, 0.1) is 7.11 Å². The average Bonchev–Trinajstić information content (AvgIpc) is 2.83. The minimum Gasteiger partial charge on any atom is -0.498 e. The van der Waals surface area contributed by atoms with Crippen molar-refractivity contribution >= 4 is 13.9 Å². The molecule has 2 rings (SSSR count). The van der Waals surface area contributed by atoms with Crippen molar-refractivity contribution in [3.8, 4) is 0 Å². The largest absolute Gasteiger partial charge is 0.498 e. The number of fused-ring (bicyclic) bond motifs is 1. The van der Waals surface area contributed by atoms with Gasteiger partial charge in [0.25, 0.3) is 0 Å². The number of hydrogen-bond donors (Lipinski definition) is 0. The fraction of sp³-hybridized carbons (Fsp3) is 0.600. The van der Waals surface area contributed by atoms with Gasteiger partial charge in [-0.05, 0) is 42.1 Å². The number of hydrogen-bond acceptors (Lipinski definition) is 3.